The summed E-state index contributed by atoms with van der Waals surface area (Å²) in [5.41, 5.74) is 1.90. The fourth-order valence-electron chi connectivity index (χ4n) is 3.15. The molecule has 6 nitrogen and oxygen atoms in total. The fourth-order valence-corrected chi connectivity index (χ4v) is 3.15. The number of hydrogen-bond acceptors (Lipinski definition) is 5. The Balaban J connectivity index is 1.61. The van der Waals surface area contributed by atoms with Crippen LogP contribution in [-0.2, 0) is 11.2 Å². The van der Waals surface area contributed by atoms with Gasteiger partial charge in [0.25, 0.3) is 11.8 Å². The van der Waals surface area contributed by atoms with Crippen molar-refractivity contribution in [1.29, 1.82) is 0 Å². The topological polar surface area (TPSA) is 72.9 Å². The molecule has 0 saturated heterocycles. The van der Waals surface area contributed by atoms with Crippen LogP contribution in [0.25, 0.3) is 0 Å². The summed E-state index contributed by atoms with van der Waals surface area (Å²) in [6.07, 6.45) is 1.31. The second-order valence-corrected chi connectivity index (χ2v) is 7.44. The molecule has 0 spiro atoms. The van der Waals surface area contributed by atoms with Crippen molar-refractivity contribution >= 4 is 17.8 Å². The van der Waals surface area contributed by atoms with Gasteiger partial charge in [-0.1, -0.05) is 26.0 Å². The minimum atomic E-state index is -0.512. The third kappa shape index (κ3) is 4.65. The first-order chi connectivity index (χ1) is 13.9. The second kappa shape index (κ2) is 8.90. The van der Waals surface area contributed by atoms with Crippen LogP contribution in [-0.4, -0.2) is 42.9 Å². The van der Waals surface area contributed by atoms with E-state index in [4.69, 9.17) is 9.47 Å². The average molecular weight is 395 g/mol. The average Bonchev–Trinajstić information content (AvgIpc) is 2.96. The number of fused-ring (bicyclic) bond motifs is 1. The molecule has 152 valence electrons. The zero-order valence-electron chi connectivity index (χ0n) is 16.9. The minimum Gasteiger partial charge on any atom is -0.497 e. The standard InChI is InChI=1S/C23H25NO5/c1-15(2)10-12-24-21(25)19-9-6-17(14-20(19)22(24)26)23(27)29-13-11-16-4-7-18(28-3)8-5-16/h4-9,14-15H,10-13H2,1-3H3. The number of ether oxygens (including phenoxy) is 2. The quantitative estimate of drug-likeness (QED) is 0.503. The summed E-state index contributed by atoms with van der Waals surface area (Å²) in [7, 11) is 1.61. The molecule has 6 heteroatoms. The van der Waals surface area contributed by atoms with E-state index in [1.807, 2.05) is 38.1 Å². The molecule has 0 bridgehead atoms. The number of hydrogen-bond donors (Lipinski definition) is 0. The molecule has 29 heavy (non-hydrogen) atoms. The Morgan fingerprint density at radius 1 is 1.00 bits per heavy atom. The van der Waals surface area contributed by atoms with E-state index in [9.17, 15) is 14.4 Å². The van der Waals surface area contributed by atoms with Crippen LogP contribution in [0, 0.1) is 5.92 Å². The Bertz CT molecular complexity index is 917. The van der Waals surface area contributed by atoms with E-state index in [2.05, 4.69) is 0 Å². The third-order valence-corrected chi connectivity index (χ3v) is 4.92. The number of nitrogens with zero attached hydrogens (tertiary/aromatic N) is 1. The molecule has 3 rings (SSSR count). The number of benzene rings is 2. The molecule has 0 radical (unpaired) electrons. The number of imide groups is 1. The first-order valence-corrected chi connectivity index (χ1v) is 9.71. The van der Waals surface area contributed by atoms with Gasteiger partial charge in [-0.15, -0.1) is 0 Å². The van der Waals surface area contributed by atoms with Crippen LogP contribution in [0.3, 0.4) is 0 Å². The van der Waals surface area contributed by atoms with Gasteiger partial charge < -0.3 is 9.47 Å². The molecule has 1 aliphatic heterocycles. The van der Waals surface area contributed by atoms with Gasteiger partial charge in [0.1, 0.15) is 5.75 Å². The number of amides is 2. The highest BCUT2D eigenvalue weighted by atomic mass is 16.5. The van der Waals surface area contributed by atoms with Crippen molar-refractivity contribution in [3.05, 3.63) is 64.7 Å². The van der Waals surface area contributed by atoms with Crippen molar-refractivity contribution in [2.24, 2.45) is 5.92 Å². The molecule has 0 atom stereocenters. The van der Waals surface area contributed by atoms with Crippen molar-refractivity contribution in [3.63, 3.8) is 0 Å². The number of methoxy groups -OCH3 is 1. The van der Waals surface area contributed by atoms with E-state index in [1.165, 1.54) is 23.1 Å². The van der Waals surface area contributed by atoms with Crippen LogP contribution >= 0.6 is 0 Å². The highest BCUT2D eigenvalue weighted by molar-refractivity contribution is 6.21. The van der Waals surface area contributed by atoms with E-state index in [0.717, 1.165) is 17.7 Å². The molecule has 2 aromatic carbocycles. The summed E-state index contributed by atoms with van der Waals surface area (Å²) in [5, 5.41) is 0. The minimum absolute atomic E-state index is 0.218. The zero-order chi connectivity index (χ0) is 21.0. The van der Waals surface area contributed by atoms with E-state index in [1.54, 1.807) is 7.11 Å². The van der Waals surface area contributed by atoms with Gasteiger partial charge in [0, 0.05) is 13.0 Å². The number of carbonyl (C=O) groups excluding carboxylic acids is 3. The van der Waals surface area contributed by atoms with Gasteiger partial charge in [0.15, 0.2) is 0 Å². The molecule has 2 aromatic rings. The predicted octanol–water partition coefficient (Wildman–Crippen LogP) is 3.74. The van der Waals surface area contributed by atoms with Crippen molar-refractivity contribution in [3.8, 4) is 5.75 Å². The molecule has 2 amide bonds. The maximum absolute atomic E-state index is 12.6. The van der Waals surface area contributed by atoms with Crippen LogP contribution in [0.4, 0.5) is 0 Å². The summed E-state index contributed by atoms with van der Waals surface area (Å²) in [6, 6.07) is 12.1. The van der Waals surface area contributed by atoms with Gasteiger partial charge in [-0.2, -0.15) is 0 Å². The van der Waals surface area contributed by atoms with Crippen molar-refractivity contribution in [2.45, 2.75) is 26.7 Å². The Hall–Kier alpha value is -3.15. The molecule has 0 unspecified atom stereocenters. The molecule has 1 heterocycles. The summed E-state index contributed by atoms with van der Waals surface area (Å²) in [5.74, 6) is -0.00751. The second-order valence-electron chi connectivity index (χ2n) is 7.44. The Morgan fingerprint density at radius 2 is 1.69 bits per heavy atom. The van der Waals surface area contributed by atoms with Crippen molar-refractivity contribution < 1.29 is 23.9 Å². The maximum Gasteiger partial charge on any atom is 0.338 e. The summed E-state index contributed by atoms with van der Waals surface area (Å²) < 4.78 is 10.5. The smallest absolute Gasteiger partial charge is 0.338 e. The van der Waals surface area contributed by atoms with Crippen molar-refractivity contribution in [2.75, 3.05) is 20.3 Å². The Kier molecular flexibility index (Phi) is 6.32. The van der Waals surface area contributed by atoms with Gasteiger partial charge in [-0.25, -0.2) is 4.79 Å². The van der Waals surface area contributed by atoms with E-state index in [0.29, 0.717) is 24.4 Å². The Labute approximate surface area is 170 Å². The lowest BCUT2D eigenvalue weighted by Crippen LogP contribution is -2.31. The summed E-state index contributed by atoms with van der Waals surface area (Å²) in [4.78, 5) is 38.7. The normalized spacial score (nSPS) is 13.0. The lowest BCUT2D eigenvalue weighted by molar-refractivity contribution is 0.0508. The van der Waals surface area contributed by atoms with Crippen LogP contribution < -0.4 is 4.74 Å². The SMILES string of the molecule is COc1ccc(CCOC(=O)c2ccc3c(c2)C(=O)N(CCC(C)C)C3=O)cc1. The van der Waals surface area contributed by atoms with Gasteiger partial charge in [-0.05, 0) is 48.2 Å². The van der Waals surface area contributed by atoms with Gasteiger partial charge >= 0.3 is 5.97 Å². The molecule has 0 saturated carbocycles. The zero-order valence-corrected chi connectivity index (χ0v) is 16.9. The van der Waals surface area contributed by atoms with Gasteiger partial charge in [0.2, 0.25) is 0 Å². The van der Waals surface area contributed by atoms with E-state index < -0.39 is 5.97 Å². The largest absolute Gasteiger partial charge is 0.497 e. The van der Waals surface area contributed by atoms with Gasteiger partial charge in [-0.3, -0.25) is 14.5 Å². The highest BCUT2D eigenvalue weighted by Gasteiger charge is 2.35. The maximum atomic E-state index is 12.6. The molecular weight excluding hydrogens is 370 g/mol. The molecule has 1 aliphatic rings. The van der Waals surface area contributed by atoms with Crippen LogP contribution in [0.5, 0.6) is 5.75 Å². The summed E-state index contributed by atoms with van der Waals surface area (Å²) in [6.45, 7) is 4.68. The molecule has 0 N–H and O–H groups in total. The first-order valence-electron chi connectivity index (χ1n) is 9.71. The predicted molar refractivity (Wildman–Crippen MR) is 108 cm³/mol. The molecular formula is C23H25NO5. The van der Waals surface area contributed by atoms with Gasteiger partial charge in [0.05, 0.1) is 30.4 Å². The monoisotopic (exact) mass is 395 g/mol. The van der Waals surface area contributed by atoms with E-state index >= 15 is 0 Å². The summed E-state index contributed by atoms with van der Waals surface area (Å²) >= 11 is 0. The lowest BCUT2D eigenvalue weighted by Gasteiger charge is -2.14. The molecule has 0 fully saturated rings. The Morgan fingerprint density at radius 3 is 2.34 bits per heavy atom. The molecule has 0 aliphatic carbocycles. The lowest BCUT2D eigenvalue weighted by atomic mass is 10.1. The first kappa shape index (κ1) is 20.6. The van der Waals surface area contributed by atoms with E-state index in [-0.39, 0.29) is 29.5 Å². The highest BCUT2D eigenvalue weighted by Crippen LogP contribution is 2.25. The fraction of sp³-hybridized carbons (Fsp3) is 0.348. The molecule has 0 aromatic heterocycles. The number of esters is 1. The number of carbonyl (C=O) groups is 3. The van der Waals surface area contributed by atoms with Crippen molar-refractivity contribution in [1.82, 2.24) is 4.90 Å². The third-order valence-electron chi connectivity index (χ3n) is 4.92. The van der Waals surface area contributed by atoms with Crippen LogP contribution in [0.2, 0.25) is 0 Å². The number of rotatable bonds is 8. The van der Waals surface area contributed by atoms with Crippen LogP contribution in [0.15, 0.2) is 42.5 Å². The van der Waals surface area contributed by atoms with Crippen LogP contribution in [0.1, 0.15) is 56.9 Å².